The number of rotatable bonds is 3. The van der Waals surface area contributed by atoms with Crippen molar-refractivity contribution in [3.05, 3.63) is 18.3 Å². The number of hydrogen-bond donors (Lipinski definition) is 2. The summed E-state index contributed by atoms with van der Waals surface area (Å²) in [6.07, 6.45) is 6.97. The van der Waals surface area contributed by atoms with Gasteiger partial charge in [0, 0.05) is 24.5 Å². The van der Waals surface area contributed by atoms with Gasteiger partial charge in [-0.2, -0.15) is 0 Å². The topological polar surface area (TPSA) is 85.1 Å². The summed E-state index contributed by atoms with van der Waals surface area (Å²) in [7, 11) is -3.27. The van der Waals surface area contributed by atoms with Crippen LogP contribution in [0.5, 0.6) is 0 Å². The quantitative estimate of drug-likeness (QED) is 0.860. The largest absolute Gasteiger partial charge is 0.365 e. The molecule has 0 radical (unpaired) electrons. The Hall–Kier alpha value is -1.14. The molecule has 0 amide bonds. The summed E-state index contributed by atoms with van der Waals surface area (Å²) in [4.78, 5) is 4.37. The SMILES string of the molecule is CS(=O)(=O)c1cccnc1N[C@@H]1CCCC[C@H]1N. The van der Waals surface area contributed by atoms with Gasteiger partial charge in [0.15, 0.2) is 9.84 Å². The Kier molecular flexibility index (Phi) is 3.87. The van der Waals surface area contributed by atoms with Gasteiger partial charge in [-0.25, -0.2) is 13.4 Å². The average molecular weight is 269 g/mol. The van der Waals surface area contributed by atoms with Gasteiger partial charge in [-0.05, 0) is 25.0 Å². The van der Waals surface area contributed by atoms with Crippen molar-refractivity contribution in [2.45, 2.75) is 42.7 Å². The van der Waals surface area contributed by atoms with Gasteiger partial charge in [-0.1, -0.05) is 12.8 Å². The first-order chi connectivity index (χ1) is 8.48. The molecule has 0 unspecified atom stereocenters. The minimum Gasteiger partial charge on any atom is -0.365 e. The van der Waals surface area contributed by atoms with E-state index in [1.807, 2.05) is 0 Å². The fraction of sp³-hybridized carbons (Fsp3) is 0.583. The summed E-state index contributed by atoms with van der Waals surface area (Å²) in [6, 6.07) is 3.36. The van der Waals surface area contributed by atoms with Gasteiger partial charge in [0.1, 0.15) is 10.7 Å². The van der Waals surface area contributed by atoms with Crippen LogP contribution in [0.3, 0.4) is 0 Å². The van der Waals surface area contributed by atoms with Crippen molar-refractivity contribution in [3.63, 3.8) is 0 Å². The normalized spacial score (nSPS) is 24.8. The highest BCUT2D eigenvalue weighted by atomic mass is 32.2. The van der Waals surface area contributed by atoms with Crippen molar-refractivity contribution in [1.82, 2.24) is 4.98 Å². The highest BCUT2D eigenvalue weighted by Gasteiger charge is 2.24. The summed E-state index contributed by atoms with van der Waals surface area (Å²) in [5, 5.41) is 3.19. The lowest BCUT2D eigenvalue weighted by Gasteiger charge is -2.30. The summed E-state index contributed by atoms with van der Waals surface area (Å²) in [5.74, 6) is 0.419. The average Bonchev–Trinajstić information content (AvgIpc) is 2.31. The molecule has 1 aromatic heterocycles. The number of sulfone groups is 1. The fourth-order valence-corrected chi connectivity index (χ4v) is 3.10. The fourth-order valence-electron chi connectivity index (χ4n) is 2.31. The molecular formula is C12H19N3O2S. The van der Waals surface area contributed by atoms with Crippen molar-refractivity contribution in [2.75, 3.05) is 11.6 Å². The summed E-state index contributed by atoms with van der Waals surface area (Å²) in [6.45, 7) is 0. The Bertz CT molecular complexity index is 516. The summed E-state index contributed by atoms with van der Waals surface area (Å²) in [5.41, 5.74) is 6.05. The molecule has 1 aliphatic rings. The first-order valence-corrected chi connectivity index (χ1v) is 8.05. The monoisotopic (exact) mass is 269 g/mol. The predicted octanol–water partition coefficient (Wildman–Crippen LogP) is 1.17. The number of aromatic nitrogens is 1. The highest BCUT2D eigenvalue weighted by molar-refractivity contribution is 7.90. The van der Waals surface area contributed by atoms with E-state index in [9.17, 15) is 8.42 Å². The first-order valence-electron chi connectivity index (χ1n) is 6.15. The summed E-state index contributed by atoms with van der Waals surface area (Å²) < 4.78 is 23.3. The number of nitrogens with zero attached hydrogens (tertiary/aromatic N) is 1. The molecule has 0 aromatic carbocycles. The Morgan fingerprint density at radius 3 is 2.78 bits per heavy atom. The number of hydrogen-bond acceptors (Lipinski definition) is 5. The summed E-state index contributed by atoms with van der Waals surface area (Å²) >= 11 is 0. The Labute approximate surface area is 108 Å². The van der Waals surface area contributed by atoms with Gasteiger partial charge >= 0.3 is 0 Å². The molecule has 1 aliphatic carbocycles. The molecule has 100 valence electrons. The van der Waals surface area contributed by atoms with Crippen LogP contribution in [0.1, 0.15) is 25.7 Å². The van der Waals surface area contributed by atoms with Gasteiger partial charge in [0.05, 0.1) is 0 Å². The highest BCUT2D eigenvalue weighted by Crippen LogP contribution is 2.24. The van der Waals surface area contributed by atoms with E-state index in [0.717, 1.165) is 25.7 Å². The third-order valence-electron chi connectivity index (χ3n) is 3.31. The maximum absolute atomic E-state index is 11.7. The minimum absolute atomic E-state index is 0.0631. The molecule has 0 aliphatic heterocycles. The number of anilines is 1. The molecule has 0 spiro atoms. The smallest absolute Gasteiger partial charge is 0.179 e. The van der Waals surface area contributed by atoms with Crippen molar-refractivity contribution in [2.24, 2.45) is 5.73 Å². The van der Waals surface area contributed by atoms with Gasteiger partial charge in [0.2, 0.25) is 0 Å². The Morgan fingerprint density at radius 2 is 2.11 bits per heavy atom. The molecule has 6 heteroatoms. The zero-order valence-corrected chi connectivity index (χ0v) is 11.3. The van der Waals surface area contributed by atoms with Gasteiger partial charge in [-0.3, -0.25) is 0 Å². The molecule has 2 atom stereocenters. The van der Waals surface area contributed by atoms with E-state index in [2.05, 4.69) is 10.3 Å². The third-order valence-corrected chi connectivity index (χ3v) is 4.44. The molecule has 18 heavy (non-hydrogen) atoms. The molecule has 1 fully saturated rings. The van der Waals surface area contributed by atoms with Crippen LogP contribution in [-0.2, 0) is 9.84 Å². The Balaban J connectivity index is 2.24. The van der Waals surface area contributed by atoms with Crippen molar-refractivity contribution < 1.29 is 8.42 Å². The van der Waals surface area contributed by atoms with Crippen LogP contribution in [-0.4, -0.2) is 31.7 Å². The molecule has 1 saturated carbocycles. The van der Waals surface area contributed by atoms with Crippen LogP contribution in [0.4, 0.5) is 5.82 Å². The van der Waals surface area contributed by atoms with Crippen molar-refractivity contribution in [1.29, 1.82) is 0 Å². The van der Waals surface area contributed by atoms with Crippen LogP contribution in [0.15, 0.2) is 23.2 Å². The van der Waals surface area contributed by atoms with Crippen LogP contribution in [0.25, 0.3) is 0 Å². The van der Waals surface area contributed by atoms with E-state index in [0.29, 0.717) is 5.82 Å². The van der Waals surface area contributed by atoms with Crippen LogP contribution in [0.2, 0.25) is 0 Å². The molecule has 3 N–H and O–H groups in total. The van der Waals surface area contributed by atoms with Crippen molar-refractivity contribution >= 4 is 15.7 Å². The second-order valence-corrected chi connectivity index (χ2v) is 6.81. The first kappa shape index (κ1) is 13.3. The number of nitrogens with two attached hydrogens (primary N) is 1. The van der Waals surface area contributed by atoms with Gasteiger partial charge in [-0.15, -0.1) is 0 Å². The molecule has 1 heterocycles. The van der Waals surface area contributed by atoms with Crippen molar-refractivity contribution in [3.8, 4) is 0 Å². The molecule has 0 bridgehead atoms. The molecule has 2 rings (SSSR count). The third kappa shape index (κ3) is 3.00. The van der Waals surface area contributed by atoms with E-state index in [1.165, 1.54) is 6.26 Å². The van der Waals surface area contributed by atoms with Crippen LogP contribution >= 0.6 is 0 Å². The van der Waals surface area contributed by atoms with E-state index in [4.69, 9.17) is 5.73 Å². The lowest BCUT2D eigenvalue weighted by Crippen LogP contribution is -2.43. The number of nitrogens with one attached hydrogen (secondary N) is 1. The van der Waals surface area contributed by atoms with Crippen LogP contribution in [0, 0.1) is 0 Å². The van der Waals surface area contributed by atoms with E-state index < -0.39 is 9.84 Å². The second kappa shape index (κ2) is 5.24. The lowest BCUT2D eigenvalue weighted by molar-refractivity contribution is 0.403. The predicted molar refractivity (Wildman–Crippen MR) is 71.2 cm³/mol. The maximum Gasteiger partial charge on any atom is 0.179 e. The van der Waals surface area contributed by atoms with Gasteiger partial charge in [0.25, 0.3) is 0 Å². The molecule has 5 nitrogen and oxygen atoms in total. The standard InChI is InChI=1S/C12H19N3O2S/c1-18(16,17)11-7-4-8-14-12(11)15-10-6-3-2-5-9(10)13/h4,7-10H,2-3,5-6,13H2,1H3,(H,14,15)/t9-,10-/m1/s1. The lowest BCUT2D eigenvalue weighted by atomic mass is 9.91. The zero-order chi connectivity index (χ0) is 13.2. The number of pyridine rings is 1. The maximum atomic E-state index is 11.7. The molecule has 0 saturated heterocycles. The second-order valence-electron chi connectivity index (χ2n) is 4.82. The van der Waals surface area contributed by atoms with E-state index in [1.54, 1.807) is 18.3 Å². The molecular weight excluding hydrogens is 250 g/mol. The van der Waals surface area contributed by atoms with Gasteiger partial charge < -0.3 is 11.1 Å². The van der Waals surface area contributed by atoms with E-state index >= 15 is 0 Å². The van der Waals surface area contributed by atoms with E-state index in [-0.39, 0.29) is 17.0 Å². The Morgan fingerprint density at radius 1 is 1.39 bits per heavy atom. The zero-order valence-electron chi connectivity index (χ0n) is 10.5. The minimum atomic E-state index is -3.27. The molecule has 1 aromatic rings. The van der Waals surface area contributed by atoms with Crippen LogP contribution < -0.4 is 11.1 Å².